The number of non-ortho nitro benzene ring substituents is 1. The van der Waals surface area contributed by atoms with Gasteiger partial charge in [-0.25, -0.2) is 4.39 Å². The fourth-order valence-electron chi connectivity index (χ4n) is 2.35. The molecule has 0 aliphatic heterocycles. The second kappa shape index (κ2) is 7.85. The molecule has 25 heavy (non-hydrogen) atoms. The molecule has 0 saturated carbocycles. The third kappa shape index (κ3) is 4.60. The van der Waals surface area contributed by atoms with E-state index in [1.165, 1.54) is 5.56 Å². The minimum Gasteiger partial charge on any atom is -0.350 e. The Morgan fingerprint density at radius 3 is 2.32 bits per heavy atom. The van der Waals surface area contributed by atoms with Gasteiger partial charge >= 0.3 is 0 Å². The Balaban J connectivity index is 2.00. The molecule has 2 aromatic rings. The number of rotatable bonds is 6. The molecule has 0 saturated heterocycles. The topological polar surface area (TPSA) is 98.3 Å². The third-order valence-electron chi connectivity index (χ3n) is 3.92. The molecule has 1 amide bonds. The number of halogens is 1. The summed E-state index contributed by atoms with van der Waals surface area (Å²) in [7, 11) is 0. The number of nitrogens with zero attached hydrogens (tertiary/aromatic N) is 1. The molecule has 1 unspecified atom stereocenters. The fourth-order valence-corrected chi connectivity index (χ4v) is 2.35. The molecule has 0 aliphatic carbocycles. The van der Waals surface area contributed by atoms with E-state index in [1.54, 1.807) is 0 Å². The number of nitro benzene ring substituents is 1. The second-order valence-corrected chi connectivity index (χ2v) is 6.06. The largest absolute Gasteiger partial charge is 0.350 e. The molecule has 3 N–H and O–H groups in total. The number of nitrogens with one attached hydrogen (secondary N) is 1. The van der Waals surface area contributed by atoms with Crippen molar-refractivity contribution in [3.8, 4) is 0 Å². The lowest BCUT2D eigenvalue weighted by Gasteiger charge is -2.15. The molecule has 6 nitrogen and oxygen atoms in total. The maximum absolute atomic E-state index is 13.8. The zero-order valence-corrected chi connectivity index (χ0v) is 14.0. The lowest BCUT2D eigenvalue weighted by Crippen LogP contribution is -2.32. The van der Waals surface area contributed by atoms with Crippen LogP contribution in [0.1, 0.15) is 47.3 Å². The average Bonchev–Trinajstić information content (AvgIpc) is 2.59. The van der Waals surface area contributed by atoms with Gasteiger partial charge in [0.15, 0.2) is 0 Å². The summed E-state index contributed by atoms with van der Waals surface area (Å²) in [6.45, 7) is 4.30. The molecule has 0 radical (unpaired) electrons. The normalized spacial score (nSPS) is 12.0. The van der Waals surface area contributed by atoms with E-state index < -0.39 is 28.4 Å². The summed E-state index contributed by atoms with van der Waals surface area (Å²) in [5.74, 6) is -1.20. The van der Waals surface area contributed by atoms with Gasteiger partial charge in [-0.2, -0.15) is 0 Å². The van der Waals surface area contributed by atoms with Crippen LogP contribution >= 0.6 is 0 Å². The highest BCUT2D eigenvalue weighted by Crippen LogP contribution is 2.18. The summed E-state index contributed by atoms with van der Waals surface area (Å²) in [5.41, 5.74) is 7.43. The highest BCUT2D eigenvalue weighted by molar-refractivity contribution is 5.94. The molecule has 1 atom stereocenters. The van der Waals surface area contributed by atoms with Gasteiger partial charge < -0.3 is 11.1 Å². The number of hydrogen-bond acceptors (Lipinski definition) is 4. The van der Waals surface area contributed by atoms with Gasteiger partial charge in [-0.1, -0.05) is 38.1 Å². The minimum atomic E-state index is -0.943. The number of carbonyl (C=O) groups is 1. The van der Waals surface area contributed by atoms with Crippen LogP contribution in [0.4, 0.5) is 10.1 Å². The van der Waals surface area contributed by atoms with Gasteiger partial charge in [0.2, 0.25) is 0 Å². The molecule has 0 heterocycles. The third-order valence-corrected chi connectivity index (χ3v) is 3.92. The summed E-state index contributed by atoms with van der Waals surface area (Å²) in [6, 6.07) is 10.2. The number of nitro groups is 1. The van der Waals surface area contributed by atoms with Gasteiger partial charge in [0.05, 0.1) is 16.6 Å². The molecule has 2 aromatic carbocycles. The van der Waals surface area contributed by atoms with Crippen molar-refractivity contribution in [3.63, 3.8) is 0 Å². The molecule has 132 valence electrons. The van der Waals surface area contributed by atoms with E-state index in [9.17, 15) is 19.3 Å². The summed E-state index contributed by atoms with van der Waals surface area (Å²) in [6.07, 6.45) is 0. The first-order valence-electron chi connectivity index (χ1n) is 7.87. The van der Waals surface area contributed by atoms with Crippen LogP contribution in [-0.2, 0) is 0 Å². The number of amides is 1. The van der Waals surface area contributed by atoms with Crippen molar-refractivity contribution in [2.75, 3.05) is 6.54 Å². The Morgan fingerprint density at radius 2 is 1.80 bits per heavy atom. The lowest BCUT2D eigenvalue weighted by molar-refractivity contribution is -0.385. The molecule has 2 rings (SSSR count). The van der Waals surface area contributed by atoms with Crippen molar-refractivity contribution >= 4 is 11.6 Å². The smallest absolute Gasteiger partial charge is 0.272 e. The van der Waals surface area contributed by atoms with Crippen LogP contribution in [0.3, 0.4) is 0 Å². The van der Waals surface area contributed by atoms with Crippen LogP contribution in [0, 0.1) is 15.9 Å². The van der Waals surface area contributed by atoms with Crippen molar-refractivity contribution in [3.05, 3.63) is 75.1 Å². The van der Waals surface area contributed by atoms with Gasteiger partial charge in [-0.3, -0.25) is 14.9 Å². The fraction of sp³-hybridized carbons (Fsp3) is 0.278. The quantitative estimate of drug-likeness (QED) is 0.620. The molecular weight excluding hydrogens is 325 g/mol. The zero-order chi connectivity index (χ0) is 18.6. The first-order chi connectivity index (χ1) is 11.8. The van der Waals surface area contributed by atoms with Gasteiger partial charge in [-0.15, -0.1) is 0 Å². The van der Waals surface area contributed by atoms with Gasteiger partial charge in [0.1, 0.15) is 5.82 Å². The van der Waals surface area contributed by atoms with Gasteiger partial charge in [0, 0.05) is 18.7 Å². The van der Waals surface area contributed by atoms with Crippen molar-refractivity contribution in [2.45, 2.75) is 25.8 Å². The highest BCUT2D eigenvalue weighted by atomic mass is 19.1. The molecule has 0 bridgehead atoms. The molecule has 0 aromatic heterocycles. The monoisotopic (exact) mass is 345 g/mol. The van der Waals surface area contributed by atoms with Crippen LogP contribution in [0.25, 0.3) is 0 Å². The maximum Gasteiger partial charge on any atom is 0.272 e. The molecule has 7 heteroatoms. The van der Waals surface area contributed by atoms with E-state index in [0.717, 1.165) is 23.8 Å². The molecule has 0 spiro atoms. The standard InChI is InChI=1S/C18H20FN3O3/c1-11(2)12-3-5-13(6-4-12)17(20)10-21-18(23)15-8-7-14(22(24)25)9-16(15)19/h3-9,11,17H,10,20H2,1-2H3,(H,21,23). The van der Waals surface area contributed by atoms with Crippen LogP contribution in [0.15, 0.2) is 42.5 Å². The van der Waals surface area contributed by atoms with Gasteiger partial charge in [0.25, 0.3) is 11.6 Å². The molecule has 0 aliphatic rings. The summed E-state index contributed by atoms with van der Waals surface area (Å²) in [5, 5.41) is 13.1. The van der Waals surface area contributed by atoms with E-state index in [0.29, 0.717) is 5.92 Å². The maximum atomic E-state index is 13.8. The second-order valence-electron chi connectivity index (χ2n) is 6.06. The number of carbonyl (C=O) groups excluding carboxylic acids is 1. The SMILES string of the molecule is CC(C)c1ccc(C(N)CNC(=O)c2ccc([N+](=O)[O-])cc2F)cc1. The Morgan fingerprint density at radius 1 is 1.20 bits per heavy atom. The predicted octanol–water partition coefficient (Wildman–Crippen LogP) is 3.29. The first kappa shape index (κ1) is 18.5. The van der Waals surface area contributed by atoms with Crippen molar-refractivity contribution in [1.82, 2.24) is 5.32 Å². The lowest BCUT2D eigenvalue weighted by atomic mass is 9.99. The van der Waals surface area contributed by atoms with Crippen LogP contribution in [0.2, 0.25) is 0 Å². The van der Waals surface area contributed by atoms with Crippen LogP contribution in [-0.4, -0.2) is 17.4 Å². The Kier molecular flexibility index (Phi) is 5.82. The minimum absolute atomic E-state index is 0.121. The zero-order valence-electron chi connectivity index (χ0n) is 14.0. The Hall–Kier alpha value is -2.80. The van der Waals surface area contributed by atoms with Crippen LogP contribution in [0.5, 0.6) is 0 Å². The Bertz CT molecular complexity index is 776. The summed E-state index contributed by atoms with van der Waals surface area (Å²) >= 11 is 0. The van der Waals surface area contributed by atoms with E-state index >= 15 is 0 Å². The van der Waals surface area contributed by atoms with Crippen molar-refractivity contribution in [2.24, 2.45) is 5.73 Å². The Labute approximate surface area is 145 Å². The first-order valence-corrected chi connectivity index (χ1v) is 7.87. The summed E-state index contributed by atoms with van der Waals surface area (Å²) < 4.78 is 13.8. The van der Waals surface area contributed by atoms with Gasteiger partial charge in [-0.05, 0) is 23.1 Å². The highest BCUT2D eigenvalue weighted by Gasteiger charge is 2.17. The van der Waals surface area contributed by atoms with E-state index in [1.807, 2.05) is 24.3 Å². The number of benzene rings is 2. The number of hydrogen-bond donors (Lipinski definition) is 2. The van der Waals surface area contributed by atoms with E-state index in [2.05, 4.69) is 19.2 Å². The molecular formula is C18H20FN3O3. The van der Waals surface area contributed by atoms with Crippen molar-refractivity contribution in [1.29, 1.82) is 0 Å². The van der Waals surface area contributed by atoms with E-state index in [-0.39, 0.29) is 12.1 Å². The number of nitrogens with two attached hydrogens (primary N) is 1. The molecule has 0 fully saturated rings. The van der Waals surface area contributed by atoms with Crippen molar-refractivity contribution < 1.29 is 14.1 Å². The summed E-state index contributed by atoms with van der Waals surface area (Å²) in [4.78, 5) is 21.9. The van der Waals surface area contributed by atoms with E-state index in [4.69, 9.17) is 5.73 Å². The predicted molar refractivity (Wildman–Crippen MR) is 92.8 cm³/mol. The van der Waals surface area contributed by atoms with Crippen LogP contribution < -0.4 is 11.1 Å². The average molecular weight is 345 g/mol.